The molecule has 0 saturated carbocycles. The lowest BCUT2D eigenvalue weighted by atomic mass is 10.0. The molecule has 0 aromatic heterocycles. The highest BCUT2D eigenvalue weighted by molar-refractivity contribution is 7.93. The van der Waals surface area contributed by atoms with Gasteiger partial charge in [-0.25, -0.2) is 8.42 Å². The van der Waals surface area contributed by atoms with Gasteiger partial charge in [-0.2, -0.15) is 0 Å². The van der Waals surface area contributed by atoms with Crippen molar-refractivity contribution < 1.29 is 27.5 Å². The Morgan fingerprint density at radius 2 is 1.34 bits per heavy atom. The van der Waals surface area contributed by atoms with Gasteiger partial charge < -0.3 is 9.47 Å². The van der Waals surface area contributed by atoms with Gasteiger partial charge in [0.1, 0.15) is 12.2 Å². The molecule has 174 valence electrons. The molecule has 2 aromatic rings. The molecular formula is C25H32O6S. The average molecular weight is 461 g/mol. The highest BCUT2D eigenvalue weighted by Crippen LogP contribution is 2.25. The van der Waals surface area contributed by atoms with Crippen molar-refractivity contribution in [1.29, 1.82) is 0 Å². The smallest absolute Gasteiger partial charge is 0.327 e. The molecule has 0 N–H and O–H groups in total. The molecule has 0 aliphatic carbocycles. The molecule has 7 heteroatoms. The minimum absolute atomic E-state index is 0.0296. The van der Waals surface area contributed by atoms with Crippen LogP contribution in [0.5, 0.6) is 0 Å². The van der Waals surface area contributed by atoms with Gasteiger partial charge >= 0.3 is 11.9 Å². The first kappa shape index (κ1) is 25.6. The summed E-state index contributed by atoms with van der Waals surface area (Å²) in [7, 11) is -4.06. The largest absolute Gasteiger partial charge is 0.460 e. The van der Waals surface area contributed by atoms with Crippen LogP contribution < -0.4 is 0 Å². The van der Waals surface area contributed by atoms with E-state index in [1.165, 1.54) is 13.8 Å². The Hall–Kier alpha value is -2.67. The van der Waals surface area contributed by atoms with Crippen molar-refractivity contribution in [1.82, 2.24) is 0 Å². The molecular weight excluding hydrogens is 428 g/mol. The van der Waals surface area contributed by atoms with E-state index in [9.17, 15) is 18.0 Å². The van der Waals surface area contributed by atoms with Crippen LogP contribution in [-0.2, 0) is 41.9 Å². The van der Waals surface area contributed by atoms with Gasteiger partial charge in [-0.1, -0.05) is 60.7 Å². The summed E-state index contributed by atoms with van der Waals surface area (Å²) in [6.07, 6.45) is 0.185. The van der Waals surface area contributed by atoms with Crippen molar-refractivity contribution >= 4 is 21.8 Å². The van der Waals surface area contributed by atoms with Gasteiger partial charge in [0.25, 0.3) is 0 Å². The van der Waals surface area contributed by atoms with Crippen LogP contribution in [0.15, 0.2) is 60.7 Å². The molecule has 0 aliphatic heterocycles. The maximum Gasteiger partial charge on any atom is 0.327 e. The maximum absolute atomic E-state index is 13.3. The first-order chi connectivity index (χ1) is 14.8. The second-order valence-corrected chi connectivity index (χ2v) is 11.9. The van der Waals surface area contributed by atoms with E-state index in [0.29, 0.717) is 0 Å². The second kappa shape index (κ2) is 10.3. The first-order valence-corrected chi connectivity index (χ1v) is 12.2. The topological polar surface area (TPSA) is 86.7 Å². The fourth-order valence-electron chi connectivity index (χ4n) is 2.99. The summed E-state index contributed by atoms with van der Waals surface area (Å²) in [6.45, 7) is 7.77. The number of carbonyl (C=O) groups excluding carboxylic acids is 2. The van der Waals surface area contributed by atoms with Crippen molar-refractivity contribution in [2.45, 2.75) is 58.0 Å². The van der Waals surface area contributed by atoms with Crippen molar-refractivity contribution in [2.24, 2.45) is 5.92 Å². The van der Waals surface area contributed by atoms with Gasteiger partial charge in [-0.05, 0) is 52.2 Å². The number of benzene rings is 2. The summed E-state index contributed by atoms with van der Waals surface area (Å²) < 4.78 is 35.5. The summed E-state index contributed by atoms with van der Waals surface area (Å²) in [5.41, 5.74) is 0.799. The SMILES string of the molecule is CC(C)(C)OC(=O)C(Cc1ccccc1)CS(=O)(=O)C(C)(C)C(=O)OCc1ccccc1. The highest BCUT2D eigenvalue weighted by atomic mass is 32.2. The predicted molar refractivity (Wildman–Crippen MR) is 124 cm³/mol. The molecule has 0 saturated heterocycles. The standard InChI is InChI=1S/C25H32O6S/c1-24(2,3)31-22(26)21(16-19-12-8-6-9-13-19)18-32(28,29)25(4,5)23(27)30-17-20-14-10-7-11-15-20/h6-15,21H,16-18H2,1-5H3. The van der Waals surface area contributed by atoms with E-state index < -0.39 is 43.8 Å². The lowest BCUT2D eigenvalue weighted by Crippen LogP contribution is -2.46. The van der Waals surface area contributed by atoms with E-state index in [1.807, 2.05) is 36.4 Å². The normalized spacial score (nSPS) is 13.3. The number of esters is 2. The second-order valence-electron chi connectivity index (χ2n) is 9.27. The van der Waals surface area contributed by atoms with E-state index in [1.54, 1.807) is 45.0 Å². The number of ether oxygens (including phenoxy) is 2. The van der Waals surface area contributed by atoms with Crippen molar-refractivity contribution in [3.63, 3.8) is 0 Å². The van der Waals surface area contributed by atoms with Gasteiger partial charge in [-0.15, -0.1) is 0 Å². The van der Waals surface area contributed by atoms with Crippen LogP contribution in [0.2, 0.25) is 0 Å². The zero-order chi connectivity index (χ0) is 24.0. The number of hydrogen-bond acceptors (Lipinski definition) is 6. The number of sulfone groups is 1. The molecule has 0 spiro atoms. The van der Waals surface area contributed by atoms with Crippen molar-refractivity contribution in [3.05, 3.63) is 71.8 Å². The number of carbonyl (C=O) groups is 2. The highest BCUT2D eigenvalue weighted by Gasteiger charge is 2.45. The van der Waals surface area contributed by atoms with Gasteiger partial charge in [0.15, 0.2) is 14.6 Å². The minimum Gasteiger partial charge on any atom is -0.460 e. The summed E-state index contributed by atoms with van der Waals surface area (Å²) in [5.74, 6) is -2.95. The third kappa shape index (κ3) is 7.19. The van der Waals surface area contributed by atoms with Crippen LogP contribution in [0, 0.1) is 5.92 Å². The van der Waals surface area contributed by atoms with Crippen LogP contribution in [0.1, 0.15) is 45.7 Å². The molecule has 1 unspecified atom stereocenters. The van der Waals surface area contributed by atoms with E-state index in [0.717, 1.165) is 11.1 Å². The molecule has 6 nitrogen and oxygen atoms in total. The third-order valence-electron chi connectivity index (χ3n) is 4.97. The van der Waals surface area contributed by atoms with Crippen LogP contribution >= 0.6 is 0 Å². The van der Waals surface area contributed by atoms with Crippen molar-refractivity contribution in [3.8, 4) is 0 Å². The fraction of sp³-hybridized carbons (Fsp3) is 0.440. The molecule has 0 fully saturated rings. The summed E-state index contributed by atoms with van der Waals surface area (Å²) in [6, 6.07) is 18.1. The molecule has 0 amide bonds. The molecule has 2 aromatic carbocycles. The fourth-order valence-corrected chi connectivity index (χ4v) is 4.50. The lowest BCUT2D eigenvalue weighted by molar-refractivity contribution is -0.159. The minimum atomic E-state index is -4.06. The Balaban J connectivity index is 2.20. The van der Waals surface area contributed by atoms with Gasteiger partial charge in [-0.3, -0.25) is 9.59 Å². The molecule has 0 heterocycles. The molecule has 0 aliphatic rings. The monoisotopic (exact) mass is 460 g/mol. The zero-order valence-corrected chi connectivity index (χ0v) is 20.1. The average Bonchev–Trinajstić information content (AvgIpc) is 2.71. The summed E-state index contributed by atoms with van der Waals surface area (Å²) in [4.78, 5) is 25.6. The first-order valence-electron chi connectivity index (χ1n) is 10.5. The Labute approximate surface area is 190 Å². The Bertz CT molecular complexity index is 1010. The van der Waals surface area contributed by atoms with E-state index >= 15 is 0 Å². The van der Waals surface area contributed by atoms with E-state index in [-0.39, 0.29) is 13.0 Å². The molecule has 1 atom stereocenters. The molecule has 0 bridgehead atoms. The Kier molecular flexibility index (Phi) is 8.24. The molecule has 0 radical (unpaired) electrons. The summed E-state index contributed by atoms with van der Waals surface area (Å²) >= 11 is 0. The zero-order valence-electron chi connectivity index (χ0n) is 19.3. The number of hydrogen-bond donors (Lipinski definition) is 0. The van der Waals surface area contributed by atoms with Crippen molar-refractivity contribution in [2.75, 3.05) is 5.75 Å². The molecule has 2 rings (SSSR count). The maximum atomic E-state index is 13.3. The van der Waals surface area contributed by atoms with Gasteiger partial charge in [0, 0.05) is 0 Å². The van der Waals surface area contributed by atoms with Gasteiger partial charge in [0.2, 0.25) is 0 Å². The van der Waals surface area contributed by atoms with Gasteiger partial charge in [0.05, 0.1) is 11.7 Å². The number of rotatable bonds is 9. The summed E-state index contributed by atoms with van der Waals surface area (Å²) in [5, 5.41) is 0. The third-order valence-corrected chi connectivity index (χ3v) is 7.53. The van der Waals surface area contributed by atoms with Crippen LogP contribution in [0.3, 0.4) is 0 Å². The lowest BCUT2D eigenvalue weighted by Gasteiger charge is -2.27. The van der Waals surface area contributed by atoms with Crippen LogP contribution in [-0.4, -0.2) is 36.5 Å². The van der Waals surface area contributed by atoms with Crippen LogP contribution in [0.25, 0.3) is 0 Å². The quantitative estimate of drug-likeness (QED) is 0.523. The van der Waals surface area contributed by atoms with Crippen LogP contribution in [0.4, 0.5) is 0 Å². The Morgan fingerprint density at radius 1 is 0.844 bits per heavy atom. The predicted octanol–water partition coefficient (Wildman–Crippen LogP) is 4.12. The van der Waals surface area contributed by atoms with E-state index in [4.69, 9.17) is 9.47 Å². The van der Waals surface area contributed by atoms with E-state index in [2.05, 4.69) is 0 Å². The Morgan fingerprint density at radius 3 is 1.84 bits per heavy atom. The molecule has 32 heavy (non-hydrogen) atoms.